The van der Waals surface area contributed by atoms with Gasteiger partial charge in [-0.15, -0.1) is 11.3 Å². The van der Waals surface area contributed by atoms with Gasteiger partial charge < -0.3 is 14.4 Å². The molecule has 0 bridgehead atoms. The molecule has 0 fully saturated rings. The minimum absolute atomic E-state index is 0.0427. The van der Waals surface area contributed by atoms with Gasteiger partial charge in [-0.1, -0.05) is 6.58 Å². The second kappa shape index (κ2) is 13.1. The zero-order valence-electron chi connectivity index (χ0n) is 28.2. The van der Waals surface area contributed by atoms with E-state index in [1.165, 1.54) is 30.6 Å². The van der Waals surface area contributed by atoms with Gasteiger partial charge in [0.05, 0.1) is 36.1 Å². The molecule has 0 radical (unpaired) electrons. The van der Waals surface area contributed by atoms with Crippen LogP contribution in [0.4, 0.5) is 8.78 Å². The Balaban J connectivity index is 1.49. The maximum atomic E-state index is 16.2. The van der Waals surface area contributed by atoms with Crippen LogP contribution in [0.1, 0.15) is 49.8 Å². The molecule has 0 saturated heterocycles. The van der Waals surface area contributed by atoms with E-state index in [1.807, 2.05) is 42.2 Å². The number of fused-ring (bicyclic) bond motifs is 3. The summed E-state index contributed by atoms with van der Waals surface area (Å²) >= 11 is 1.44. The van der Waals surface area contributed by atoms with Gasteiger partial charge in [-0.2, -0.15) is 5.10 Å². The number of methoxy groups -OCH3 is 1. The predicted molar refractivity (Wildman–Crippen MR) is 186 cm³/mol. The van der Waals surface area contributed by atoms with E-state index in [-0.39, 0.29) is 48.6 Å². The largest absolute Gasteiger partial charge is 0.490 e. The number of aromatic nitrogens is 4. The third-order valence-electron chi connectivity index (χ3n) is 9.75. The molecular weight excluding hydrogens is 647 g/mol. The molecule has 2 aliphatic rings. The van der Waals surface area contributed by atoms with Crippen LogP contribution in [0.5, 0.6) is 5.75 Å². The van der Waals surface area contributed by atoms with E-state index in [9.17, 15) is 9.18 Å². The van der Waals surface area contributed by atoms with E-state index in [0.29, 0.717) is 29.2 Å². The number of rotatable bonds is 8. The van der Waals surface area contributed by atoms with Gasteiger partial charge in [-0.25, -0.2) is 13.8 Å². The molecule has 3 atom stereocenters. The first kappa shape index (κ1) is 33.0. The van der Waals surface area contributed by atoms with Crippen LogP contribution >= 0.6 is 11.3 Å². The summed E-state index contributed by atoms with van der Waals surface area (Å²) in [6.45, 7) is 11.5. The standard InChI is InChI=1S/C37H38F2N6O3S/c1-7-32(46)45-20(2)19-44-30(22(45)4)17-29(42-44)36-34(33-27(39)15-24(38)16-31(33)48-12-11-47-6)37-25(9-13-49-37)35(41-36)23-14-26-21(3)43(5)10-8-28(26)40-18-23/h7,9,13-18,20-22H,1,8,10-12,19H2,2-6H3. The van der Waals surface area contributed by atoms with Gasteiger partial charge in [0, 0.05) is 77.4 Å². The van der Waals surface area contributed by atoms with Crippen molar-refractivity contribution in [2.24, 2.45) is 0 Å². The van der Waals surface area contributed by atoms with Gasteiger partial charge >= 0.3 is 0 Å². The first-order valence-electron chi connectivity index (χ1n) is 16.4. The topological polar surface area (TPSA) is 85.6 Å². The number of likely N-dealkylation sites (N-methyl/N-ethyl adjacent to an activating group) is 1. The number of hydrogen-bond donors (Lipinski definition) is 0. The van der Waals surface area contributed by atoms with Crippen molar-refractivity contribution in [1.29, 1.82) is 0 Å². The summed E-state index contributed by atoms with van der Waals surface area (Å²) in [5, 5.41) is 7.76. The normalized spacial score (nSPS) is 19.2. The smallest absolute Gasteiger partial charge is 0.246 e. The van der Waals surface area contributed by atoms with Gasteiger partial charge in [0.1, 0.15) is 35.4 Å². The second-order valence-corrected chi connectivity index (χ2v) is 13.6. The Bertz CT molecular complexity index is 2090. The molecule has 12 heteroatoms. The minimum atomic E-state index is -0.779. The number of pyridine rings is 2. The Morgan fingerprint density at radius 1 is 1.10 bits per heavy atom. The SMILES string of the molecule is C=CC(=O)N1C(C)Cn2nc(-c3nc(-c4cnc5c(c4)C(C)N(C)CC5)c4ccsc4c3-c3c(F)cc(F)cc3OCCOC)cc2C1C. The molecule has 0 N–H and O–H groups in total. The van der Waals surface area contributed by atoms with Gasteiger partial charge in [0.15, 0.2) is 0 Å². The van der Waals surface area contributed by atoms with Crippen LogP contribution in [-0.2, 0) is 22.5 Å². The Labute approximate surface area is 287 Å². The van der Waals surface area contributed by atoms with Crippen LogP contribution in [0.3, 0.4) is 0 Å². The molecule has 1 aromatic carbocycles. The first-order valence-corrected chi connectivity index (χ1v) is 17.2. The molecule has 7 rings (SSSR count). The van der Waals surface area contributed by atoms with Crippen molar-refractivity contribution in [2.75, 3.05) is 33.9 Å². The first-order chi connectivity index (χ1) is 23.6. The highest BCUT2D eigenvalue weighted by atomic mass is 32.1. The lowest BCUT2D eigenvalue weighted by Gasteiger charge is -2.38. The summed E-state index contributed by atoms with van der Waals surface area (Å²) in [6.07, 6.45) is 4.04. The average Bonchev–Trinajstić information content (AvgIpc) is 3.74. The van der Waals surface area contributed by atoms with Crippen molar-refractivity contribution in [1.82, 2.24) is 29.5 Å². The summed E-state index contributed by atoms with van der Waals surface area (Å²) in [4.78, 5) is 27.1. The van der Waals surface area contributed by atoms with Crippen molar-refractivity contribution in [3.05, 3.63) is 83.1 Å². The van der Waals surface area contributed by atoms with Crippen molar-refractivity contribution in [3.8, 4) is 39.5 Å². The average molecular weight is 685 g/mol. The Morgan fingerprint density at radius 2 is 1.92 bits per heavy atom. The van der Waals surface area contributed by atoms with Gasteiger partial charge in [-0.05, 0) is 63.0 Å². The summed E-state index contributed by atoms with van der Waals surface area (Å²) < 4.78 is 44.7. The maximum absolute atomic E-state index is 16.2. The zero-order chi connectivity index (χ0) is 34.6. The molecule has 6 heterocycles. The molecular formula is C37H38F2N6O3S. The number of ether oxygens (including phenoxy) is 2. The summed E-state index contributed by atoms with van der Waals surface area (Å²) in [6, 6.07) is 7.83. The van der Waals surface area contributed by atoms with E-state index >= 15 is 4.39 Å². The molecule has 3 unspecified atom stereocenters. The highest BCUT2D eigenvalue weighted by molar-refractivity contribution is 7.18. The number of nitrogens with zero attached hydrogens (tertiary/aromatic N) is 6. The lowest BCUT2D eigenvalue weighted by molar-refractivity contribution is -0.131. The highest BCUT2D eigenvalue weighted by Crippen LogP contribution is 2.48. The summed E-state index contributed by atoms with van der Waals surface area (Å²) in [7, 11) is 3.64. The van der Waals surface area contributed by atoms with Crippen LogP contribution in [-0.4, -0.2) is 75.4 Å². The van der Waals surface area contributed by atoms with Crippen LogP contribution in [0.15, 0.2) is 54.6 Å². The molecule has 49 heavy (non-hydrogen) atoms. The second-order valence-electron chi connectivity index (χ2n) is 12.7. The van der Waals surface area contributed by atoms with Crippen LogP contribution in [0, 0.1) is 11.6 Å². The quantitative estimate of drug-likeness (QED) is 0.126. The van der Waals surface area contributed by atoms with Crippen LogP contribution in [0.2, 0.25) is 0 Å². The number of halogens is 2. The molecule has 5 aromatic rings. The van der Waals surface area contributed by atoms with Gasteiger partial charge in [-0.3, -0.25) is 19.4 Å². The fourth-order valence-corrected chi connectivity index (χ4v) is 8.08. The highest BCUT2D eigenvalue weighted by Gasteiger charge is 2.35. The molecule has 254 valence electrons. The number of carbonyl (C=O) groups excluding carboxylic acids is 1. The number of hydrogen-bond acceptors (Lipinski definition) is 8. The number of carbonyl (C=O) groups is 1. The molecule has 0 saturated carbocycles. The maximum Gasteiger partial charge on any atom is 0.246 e. The third-order valence-corrected chi connectivity index (χ3v) is 10.7. The predicted octanol–water partition coefficient (Wildman–Crippen LogP) is 7.22. The van der Waals surface area contributed by atoms with Gasteiger partial charge in [0.2, 0.25) is 5.91 Å². The fourth-order valence-electron chi connectivity index (χ4n) is 7.13. The lowest BCUT2D eigenvalue weighted by atomic mass is 9.94. The number of thiophene rings is 1. The number of amides is 1. The van der Waals surface area contributed by atoms with E-state index in [1.54, 1.807) is 4.90 Å². The van der Waals surface area contributed by atoms with Crippen LogP contribution < -0.4 is 4.74 Å². The Morgan fingerprint density at radius 3 is 2.69 bits per heavy atom. The fraction of sp³-hybridized carbons (Fsp3) is 0.351. The Kier molecular flexibility index (Phi) is 8.80. The van der Waals surface area contributed by atoms with E-state index in [2.05, 4.69) is 31.5 Å². The molecule has 0 aliphatic carbocycles. The summed E-state index contributed by atoms with van der Waals surface area (Å²) in [5.41, 5.74) is 6.01. The van der Waals surface area contributed by atoms with E-state index in [4.69, 9.17) is 24.5 Å². The van der Waals surface area contributed by atoms with Gasteiger partial charge in [0.25, 0.3) is 0 Å². The van der Waals surface area contributed by atoms with E-state index in [0.717, 1.165) is 51.6 Å². The van der Waals surface area contributed by atoms with Crippen LogP contribution in [0.25, 0.3) is 43.9 Å². The molecule has 0 spiro atoms. The van der Waals surface area contributed by atoms with Crippen molar-refractivity contribution >= 4 is 27.3 Å². The summed E-state index contributed by atoms with van der Waals surface area (Å²) in [5.74, 6) is -1.66. The Hall–Kier alpha value is -4.52. The molecule has 1 amide bonds. The molecule has 4 aromatic heterocycles. The van der Waals surface area contributed by atoms with Crippen molar-refractivity contribution < 1.29 is 23.0 Å². The third kappa shape index (κ3) is 5.71. The number of benzene rings is 1. The monoisotopic (exact) mass is 684 g/mol. The zero-order valence-corrected chi connectivity index (χ0v) is 29.0. The van der Waals surface area contributed by atoms with E-state index < -0.39 is 11.6 Å². The minimum Gasteiger partial charge on any atom is -0.490 e. The van der Waals surface area contributed by atoms with Crippen molar-refractivity contribution in [3.63, 3.8) is 0 Å². The van der Waals surface area contributed by atoms with Crippen molar-refractivity contribution in [2.45, 2.75) is 51.9 Å². The molecule has 2 aliphatic heterocycles. The molecule has 9 nitrogen and oxygen atoms in total. The lowest BCUT2D eigenvalue weighted by Crippen LogP contribution is -2.46.